The van der Waals surface area contributed by atoms with E-state index in [9.17, 15) is 13.6 Å². The van der Waals surface area contributed by atoms with E-state index in [0.29, 0.717) is 11.2 Å². The van der Waals surface area contributed by atoms with E-state index in [2.05, 4.69) is 25.4 Å². The Hall–Kier alpha value is -3.99. The van der Waals surface area contributed by atoms with E-state index in [1.807, 2.05) is 13.0 Å². The molecule has 0 aliphatic heterocycles. The van der Waals surface area contributed by atoms with Gasteiger partial charge in [-0.1, -0.05) is 6.07 Å². The summed E-state index contributed by atoms with van der Waals surface area (Å²) in [4.78, 5) is 25.3. The molecule has 0 saturated heterocycles. The summed E-state index contributed by atoms with van der Waals surface area (Å²) in [6, 6.07) is 6.64. The first-order valence-electron chi connectivity index (χ1n) is 9.99. The lowest BCUT2D eigenvalue weighted by Crippen LogP contribution is -2.34. The Bertz CT molecular complexity index is 1280. The SMILES string of the molecule is COCC[C@@H](Oc1ncnc2c1cnn2-c1ccc(F)cc1F)C(=O)Nc1ccc(C)cn1. The van der Waals surface area contributed by atoms with Crippen LogP contribution in [0.25, 0.3) is 16.7 Å². The number of carbonyl (C=O) groups is 1. The van der Waals surface area contributed by atoms with Crippen molar-refractivity contribution in [2.24, 2.45) is 0 Å². The van der Waals surface area contributed by atoms with Crippen LogP contribution in [-0.4, -0.2) is 50.5 Å². The predicted molar refractivity (Wildman–Crippen MR) is 115 cm³/mol. The predicted octanol–water partition coefficient (Wildman–Crippen LogP) is 3.22. The van der Waals surface area contributed by atoms with Crippen LogP contribution < -0.4 is 10.1 Å². The second-order valence-corrected chi connectivity index (χ2v) is 7.17. The van der Waals surface area contributed by atoms with E-state index in [1.54, 1.807) is 12.3 Å². The lowest BCUT2D eigenvalue weighted by Gasteiger charge is -2.18. The maximum Gasteiger partial charge on any atom is 0.266 e. The van der Waals surface area contributed by atoms with E-state index in [1.165, 1.54) is 30.4 Å². The Morgan fingerprint density at radius 2 is 2.00 bits per heavy atom. The topological polar surface area (TPSA) is 104 Å². The zero-order chi connectivity index (χ0) is 23.4. The fourth-order valence-electron chi connectivity index (χ4n) is 3.10. The molecule has 3 aromatic heterocycles. The summed E-state index contributed by atoms with van der Waals surface area (Å²) in [6.07, 6.45) is 3.51. The Balaban J connectivity index is 1.62. The first kappa shape index (κ1) is 22.2. The minimum Gasteiger partial charge on any atom is -0.464 e. The normalized spacial score (nSPS) is 12.0. The first-order valence-corrected chi connectivity index (χ1v) is 9.99. The molecule has 170 valence electrons. The largest absolute Gasteiger partial charge is 0.464 e. The molecule has 11 heteroatoms. The number of hydrogen-bond acceptors (Lipinski definition) is 7. The monoisotopic (exact) mass is 454 g/mol. The summed E-state index contributed by atoms with van der Waals surface area (Å²) in [7, 11) is 1.51. The number of carbonyl (C=O) groups excluding carboxylic acids is 1. The Labute approximate surface area is 187 Å². The second kappa shape index (κ2) is 9.65. The molecule has 0 aliphatic carbocycles. The van der Waals surface area contributed by atoms with Crippen molar-refractivity contribution in [2.45, 2.75) is 19.4 Å². The number of benzene rings is 1. The summed E-state index contributed by atoms with van der Waals surface area (Å²) in [6.45, 7) is 2.15. The number of hydrogen-bond donors (Lipinski definition) is 1. The van der Waals surface area contributed by atoms with E-state index < -0.39 is 23.6 Å². The van der Waals surface area contributed by atoms with Gasteiger partial charge < -0.3 is 14.8 Å². The number of fused-ring (bicyclic) bond motifs is 1. The zero-order valence-electron chi connectivity index (χ0n) is 17.8. The Morgan fingerprint density at radius 3 is 2.73 bits per heavy atom. The number of halogens is 2. The number of ether oxygens (including phenoxy) is 2. The van der Waals surface area contributed by atoms with Crippen LogP contribution in [0.1, 0.15) is 12.0 Å². The molecule has 0 bridgehead atoms. The average molecular weight is 454 g/mol. The lowest BCUT2D eigenvalue weighted by molar-refractivity contribution is -0.123. The van der Waals surface area contributed by atoms with Crippen molar-refractivity contribution in [1.29, 1.82) is 0 Å². The van der Waals surface area contributed by atoms with Gasteiger partial charge in [-0.3, -0.25) is 4.79 Å². The Morgan fingerprint density at radius 1 is 1.15 bits per heavy atom. The van der Waals surface area contributed by atoms with Crippen molar-refractivity contribution >= 4 is 22.8 Å². The number of methoxy groups -OCH3 is 1. The zero-order valence-corrected chi connectivity index (χ0v) is 17.8. The highest BCUT2D eigenvalue weighted by atomic mass is 19.1. The lowest BCUT2D eigenvalue weighted by atomic mass is 10.2. The van der Waals surface area contributed by atoms with E-state index in [-0.39, 0.29) is 30.2 Å². The van der Waals surface area contributed by atoms with Crippen molar-refractivity contribution in [3.05, 3.63) is 66.3 Å². The van der Waals surface area contributed by atoms with Gasteiger partial charge in [0.25, 0.3) is 5.91 Å². The average Bonchev–Trinajstić information content (AvgIpc) is 3.23. The molecule has 3 heterocycles. The number of aromatic nitrogens is 5. The van der Waals surface area contributed by atoms with E-state index in [0.717, 1.165) is 17.7 Å². The third-order valence-corrected chi connectivity index (χ3v) is 4.76. The molecule has 1 amide bonds. The molecule has 0 unspecified atom stereocenters. The number of rotatable bonds is 8. The van der Waals surface area contributed by atoms with Crippen LogP contribution in [0.3, 0.4) is 0 Å². The van der Waals surface area contributed by atoms with Gasteiger partial charge in [-0.2, -0.15) is 5.10 Å². The van der Waals surface area contributed by atoms with Crippen LogP contribution in [0, 0.1) is 18.6 Å². The number of anilines is 1. The summed E-state index contributed by atoms with van der Waals surface area (Å²) < 4.78 is 39.8. The van der Waals surface area contributed by atoms with Gasteiger partial charge in [0, 0.05) is 25.8 Å². The highest BCUT2D eigenvalue weighted by Crippen LogP contribution is 2.26. The van der Waals surface area contributed by atoms with Crippen LogP contribution in [0.4, 0.5) is 14.6 Å². The van der Waals surface area contributed by atoms with Crippen molar-refractivity contribution < 1.29 is 23.0 Å². The first-order chi connectivity index (χ1) is 16.0. The minimum atomic E-state index is -0.961. The molecule has 1 atom stereocenters. The van der Waals surface area contributed by atoms with Crippen LogP contribution in [0.5, 0.6) is 5.88 Å². The third kappa shape index (κ3) is 4.93. The number of pyridine rings is 1. The van der Waals surface area contributed by atoms with Crippen LogP contribution >= 0.6 is 0 Å². The quantitative estimate of drug-likeness (QED) is 0.436. The van der Waals surface area contributed by atoms with Crippen molar-refractivity contribution in [3.8, 4) is 11.6 Å². The van der Waals surface area contributed by atoms with Gasteiger partial charge in [0.15, 0.2) is 17.6 Å². The molecule has 0 spiro atoms. The number of nitrogens with one attached hydrogen (secondary N) is 1. The molecule has 0 saturated carbocycles. The van der Waals surface area contributed by atoms with Crippen LogP contribution in [0.2, 0.25) is 0 Å². The molecule has 1 aromatic carbocycles. The highest BCUT2D eigenvalue weighted by molar-refractivity contribution is 5.94. The van der Waals surface area contributed by atoms with Crippen LogP contribution in [0.15, 0.2) is 49.1 Å². The van der Waals surface area contributed by atoms with Gasteiger partial charge in [0.2, 0.25) is 5.88 Å². The van der Waals surface area contributed by atoms with Gasteiger partial charge in [-0.05, 0) is 30.7 Å². The second-order valence-electron chi connectivity index (χ2n) is 7.17. The molecule has 0 radical (unpaired) electrons. The minimum absolute atomic E-state index is 0.00942. The van der Waals surface area contributed by atoms with E-state index in [4.69, 9.17) is 9.47 Å². The highest BCUT2D eigenvalue weighted by Gasteiger charge is 2.24. The van der Waals surface area contributed by atoms with Crippen molar-refractivity contribution in [3.63, 3.8) is 0 Å². The smallest absolute Gasteiger partial charge is 0.266 e. The van der Waals surface area contributed by atoms with Gasteiger partial charge in [-0.25, -0.2) is 28.4 Å². The van der Waals surface area contributed by atoms with Gasteiger partial charge in [-0.15, -0.1) is 0 Å². The molecule has 4 aromatic rings. The van der Waals surface area contributed by atoms with Crippen molar-refractivity contribution in [1.82, 2.24) is 24.7 Å². The fraction of sp³-hybridized carbons (Fsp3) is 0.227. The molecule has 0 aliphatic rings. The fourth-order valence-corrected chi connectivity index (χ4v) is 3.10. The molecule has 4 rings (SSSR count). The summed E-state index contributed by atoms with van der Waals surface area (Å²) >= 11 is 0. The molecule has 0 fully saturated rings. The molecular formula is C22H20F2N6O3. The summed E-state index contributed by atoms with van der Waals surface area (Å²) in [5.74, 6) is -1.48. The maximum atomic E-state index is 14.3. The third-order valence-electron chi connectivity index (χ3n) is 4.76. The number of aryl methyl sites for hydroxylation is 1. The number of amides is 1. The summed E-state index contributed by atoms with van der Waals surface area (Å²) in [5, 5.41) is 7.21. The molecular weight excluding hydrogens is 434 g/mol. The Kier molecular flexibility index (Phi) is 6.50. The number of nitrogens with zero attached hydrogens (tertiary/aromatic N) is 5. The molecule has 33 heavy (non-hydrogen) atoms. The molecule has 9 nitrogen and oxygen atoms in total. The van der Waals surface area contributed by atoms with Gasteiger partial charge in [0.1, 0.15) is 29.0 Å². The standard InChI is InChI=1S/C22H20F2N6O3/c1-13-3-6-19(25-10-13)29-21(31)18(7-8-32-2)33-22-15-11-28-30(20(15)26-12-27-22)17-5-4-14(23)9-16(17)24/h3-6,9-12,18H,7-8H2,1-2H3,(H,25,29,31)/t18-/m1/s1. The molecule has 1 N–H and O–H groups in total. The maximum absolute atomic E-state index is 14.3. The van der Waals surface area contributed by atoms with Gasteiger partial charge >= 0.3 is 0 Å². The van der Waals surface area contributed by atoms with Crippen molar-refractivity contribution in [2.75, 3.05) is 19.0 Å². The van der Waals surface area contributed by atoms with Crippen LogP contribution in [-0.2, 0) is 9.53 Å². The van der Waals surface area contributed by atoms with Gasteiger partial charge in [0.05, 0.1) is 12.8 Å². The van der Waals surface area contributed by atoms with E-state index >= 15 is 0 Å². The summed E-state index contributed by atoms with van der Waals surface area (Å²) in [5.41, 5.74) is 1.20.